The molecule has 2 unspecified atom stereocenters. The van der Waals surface area contributed by atoms with Crippen LogP contribution in [0, 0.1) is 11.3 Å². The summed E-state index contributed by atoms with van der Waals surface area (Å²) in [5.74, 6) is -0.0953. The predicted octanol–water partition coefficient (Wildman–Crippen LogP) is 2.35. The number of nitriles is 1. The highest BCUT2D eigenvalue weighted by Gasteiger charge is 2.36. The predicted molar refractivity (Wildman–Crippen MR) is 104 cm³/mol. The number of sulfone groups is 1. The Balaban J connectivity index is 1.71. The fourth-order valence-electron chi connectivity index (χ4n) is 3.90. The molecule has 1 aliphatic rings. The normalized spacial score (nSPS) is 19.3. The van der Waals surface area contributed by atoms with Gasteiger partial charge in [-0.15, -0.1) is 6.58 Å². The summed E-state index contributed by atoms with van der Waals surface area (Å²) in [6.07, 6.45) is 7.53. The van der Waals surface area contributed by atoms with Crippen LogP contribution in [-0.4, -0.2) is 52.5 Å². The number of aromatic nitrogens is 3. The molecule has 0 saturated carbocycles. The molecular weight excluding hydrogens is 362 g/mol. The number of pyridine rings is 2. The van der Waals surface area contributed by atoms with E-state index >= 15 is 0 Å². The van der Waals surface area contributed by atoms with Gasteiger partial charge in [0.15, 0.2) is 15.5 Å². The Morgan fingerprint density at radius 2 is 2.30 bits per heavy atom. The summed E-state index contributed by atoms with van der Waals surface area (Å²) in [6.45, 7) is 4.54. The highest BCUT2D eigenvalue weighted by atomic mass is 32.2. The summed E-state index contributed by atoms with van der Waals surface area (Å²) in [4.78, 5) is 13.8. The zero-order valence-corrected chi connectivity index (χ0v) is 15.5. The first-order chi connectivity index (χ1) is 13.0. The van der Waals surface area contributed by atoms with Gasteiger partial charge < -0.3 is 4.98 Å². The van der Waals surface area contributed by atoms with E-state index < -0.39 is 15.2 Å². The van der Waals surface area contributed by atoms with E-state index in [1.54, 1.807) is 17.3 Å². The van der Waals surface area contributed by atoms with Gasteiger partial charge in [0.05, 0.1) is 11.8 Å². The molecule has 0 aromatic carbocycles. The molecule has 7 nitrogen and oxygen atoms in total. The molecule has 3 aromatic heterocycles. The van der Waals surface area contributed by atoms with Crippen LogP contribution in [0.1, 0.15) is 18.0 Å². The third kappa shape index (κ3) is 2.99. The number of aromatic amines is 1. The molecule has 0 radical (unpaired) electrons. The van der Waals surface area contributed by atoms with Crippen molar-refractivity contribution in [1.29, 1.82) is 5.26 Å². The summed E-state index contributed by atoms with van der Waals surface area (Å²) in [6, 6.07) is 5.88. The topological polar surface area (TPSA) is 103 Å². The standard InChI is InChI=1S/C19H19N5O2S/c1-2-9-27(25,26)16(10-20)24-8-5-14(12-24)18-17-13(3-6-21-18)11-23-19-15(17)4-7-22-19/h2-4,6-7,11,14,16,21H,1,5,8-9,12H2. The van der Waals surface area contributed by atoms with Crippen LogP contribution >= 0.6 is 0 Å². The number of rotatable bonds is 5. The van der Waals surface area contributed by atoms with E-state index in [1.165, 1.54) is 6.08 Å². The Labute approximate surface area is 157 Å². The van der Waals surface area contributed by atoms with Gasteiger partial charge in [0.1, 0.15) is 0 Å². The third-order valence-corrected chi connectivity index (χ3v) is 6.88. The van der Waals surface area contributed by atoms with Crippen LogP contribution in [0.15, 0.2) is 43.4 Å². The van der Waals surface area contributed by atoms with Crippen LogP contribution < -0.4 is 0 Å². The summed E-state index contributed by atoms with van der Waals surface area (Å²) in [5, 5.41) is 11.4. The van der Waals surface area contributed by atoms with Crippen molar-refractivity contribution >= 4 is 31.6 Å². The Hall–Kier alpha value is -2.76. The second kappa shape index (κ2) is 6.76. The second-order valence-electron chi connectivity index (χ2n) is 6.74. The minimum Gasteiger partial charge on any atom is -0.364 e. The maximum Gasteiger partial charge on any atom is 0.201 e. The van der Waals surface area contributed by atoms with Crippen molar-refractivity contribution in [3.05, 3.63) is 49.1 Å². The number of fused-ring (bicyclic) bond motifs is 3. The lowest BCUT2D eigenvalue weighted by Crippen LogP contribution is -2.39. The lowest BCUT2D eigenvalue weighted by molar-refractivity contribution is 0.339. The molecule has 3 aromatic rings. The molecule has 4 rings (SSSR count). The van der Waals surface area contributed by atoms with E-state index in [4.69, 9.17) is 0 Å². The lowest BCUT2D eigenvalue weighted by Gasteiger charge is -2.22. The molecular formula is C19H19N5O2S. The molecule has 2 atom stereocenters. The molecule has 1 fully saturated rings. The fourth-order valence-corrected chi connectivity index (χ4v) is 5.22. The number of H-pyrrole nitrogens is 1. The van der Waals surface area contributed by atoms with Gasteiger partial charge in [-0.1, -0.05) is 6.08 Å². The van der Waals surface area contributed by atoms with Gasteiger partial charge in [0.2, 0.25) is 5.37 Å². The van der Waals surface area contributed by atoms with Crippen molar-refractivity contribution in [2.45, 2.75) is 17.7 Å². The minimum atomic E-state index is -3.56. The summed E-state index contributed by atoms with van der Waals surface area (Å²) in [5.41, 5.74) is 1.73. The zero-order valence-electron chi connectivity index (χ0n) is 14.7. The summed E-state index contributed by atoms with van der Waals surface area (Å²) in [7, 11) is -3.56. The number of nitrogens with one attached hydrogen (secondary N) is 1. The molecule has 0 aliphatic carbocycles. The molecule has 0 bridgehead atoms. The van der Waals surface area contributed by atoms with Gasteiger partial charge in [-0.2, -0.15) is 5.26 Å². The highest BCUT2D eigenvalue weighted by Crippen LogP contribution is 2.35. The average Bonchev–Trinajstić information content (AvgIpc) is 3.31. The molecule has 27 heavy (non-hydrogen) atoms. The van der Waals surface area contributed by atoms with Crippen molar-refractivity contribution < 1.29 is 8.42 Å². The molecule has 1 N–H and O–H groups in total. The first-order valence-corrected chi connectivity index (χ1v) is 10.4. The SMILES string of the molecule is C=CCS(=O)(=O)C(C#N)N1CCC(c2[nH]ccc3cnc4nccc4c23)C1. The van der Waals surface area contributed by atoms with Crippen LogP contribution in [0.3, 0.4) is 0 Å². The van der Waals surface area contributed by atoms with Crippen molar-refractivity contribution in [1.82, 2.24) is 19.9 Å². The van der Waals surface area contributed by atoms with E-state index in [1.807, 2.05) is 24.4 Å². The van der Waals surface area contributed by atoms with Gasteiger partial charge >= 0.3 is 0 Å². The Bertz CT molecular complexity index is 1160. The summed E-state index contributed by atoms with van der Waals surface area (Å²) >= 11 is 0. The van der Waals surface area contributed by atoms with Gasteiger partial charge in [0.25, 0.3) is 0 Å². The molecule has 4 heterocycles. The fraction of sp³-hybridized carbons (Fsp3) is 0.316. The molecule has 8 heteroatoms. The monoisotopic (exact) mass is 381 g/mol. The minimum absolute atomic E-state index is 0.101. The van der Waals surface area contributed by atoms with E-state index in [0.717, 1.165) is 28.3 Å². The van der Waals surface area contributed by atoms with Gasteiger partial charge in [0, 0.05) is 59.5 Å². The lowest BCUT2D eigenvalue weighted by atomic mass is 9.97. The molecule has 0 spiro atoms. The number of hydrogen-bond donors (Lipinski definition) is 1. The molecule has 1 aliphatic heterocycles. The van der Waals surface area contributed by atoms with E-state index in [9.17, 15) is 13.7 Å². The smallest absolute Gasteiger partial charge is 0.201 e. The Morgan fingerprint density at radius 1 is 1.44 bits per heavy atom. The number of hydrogen-bond acceptors (Lipinski definition) is 6. The quantitative estimate of drug-likeness (QED) is 0.681. The van der Waals surface area contributed by atoms with Crippen LogP contribution in [0.25, 0.3) is 21.8 Å². The van der Waals surface area contributed by atoms with Crippen molar-refractivity contribution in [2.24, 2.45) is 0 Å². The average molecular weight is 381 g/mol. The van der Waals surface area contributed by atoms with Crippen molar-refractivity contribution in [3.8, 4) is 6.07 Å². The van der Waals surface area contributed by atoms with Crippen LogP contribution in [0.5, 0.6) is 0 Å². The molecule has 1 saturated heterocycles. The second-order valence-corrected chi connectivity index (χ2v) is 8.85. The van der Waals surface area contributed by atoms with Crippen LogP contribution in [0.4, 0.5) is 0 Å². The number of likely N-dealkylation sites (tertiary alicyclic amines) is 1. The molecule has 0 amide bonds. The largest absolute Gasteiger partial charge is 0.364 e. The van der Waals surface area contributed by atoms with Gasteiger partial charge in [-0.3, -0.25) is 4.90 Å². The first kappa shape index (κ1) is 17.6. The maximum atomic E-state index is 12.4. The first-order valence-electron chi connectivity index (χ1n) is 8.72. The zero-order chi connectivity index (χ0) is 19.0. The third-order valence-electron chi connectivity index (χ3n) is 5.09. The summed E-state index contributed by atoms with van der Waals surface area (Å²) < 4.78 is 24.8. The van der Waals surface area contributed by atoms with E-state index in [-0.39, 0.29) is 11.7 Å². The van der Waals surface area contributed by atoms with Crippen molar-refractivity contribution in [3.63, 3.8) is 0 Å². The maximum absolute atomic E-state index is 12.4. The van der Waals surface area contributed by atoms with Gasteiger partial charge in [-0.25, -0.2) is 18.4 Å². The van der Waals surface area contributed by atoms with Crippen molar-refractivity contribution in [2.75, 3.05) is 18.8 Å². The van der Waals surface area contributed by atoms with Gasteiger partial charge in [-0.05, 0) is 18.6 Å². The highest BCUT2D eigenvalue weighted by molar-refractivity contribution is 7.92. The molecule has 138 valence electrons. The Morgan fingerprint density at radius 3 is 3.07 bits per heavy atom. The van der Waals surface area contributed by atoms with Crippen LogP contribution in [0.2, 0.25) is 0 Å². The van der Waals surface area contributed by atoms with E-state index in [2.05, 4.69) is 21.5 Å². The van der Waals surface area contributed by atoms with E-state index in [0.29, 0.717) is 18.7 Å². The van der Waals surface area contributed by atoms with Crippen LogP contribution in [-0.2, 0) is 9.84 Å². The number of nitrogens with zero attached hydrogens (tertiary/aromatic N) is 4. The Kier molecular flexibility index (Phi) is 4.42.